The lowest BCUT2D eigenvalue weighted by atomic mass is 10.3. The molecule has 1 aromatic heterocycles. The monoisotopic (exact) mass is 152 g/mol. The number of hydrogen-bond acceptors (Lipinski definition) is 3. The van der Waals surface area contributed by atoms with Crippen LogP contribution in [0.2, 0.25) is 0 Å². The van der Waals surface area contributed by atoms with E-state index in [-0.39, 0.29) is 11.5 Å². The summed E-state index contributed by atoms with van der Waals surface area (Å²) in [6.07, 6.45) is 0. The van der Waals surface area contributed by atoms with Gasteiger partial charge in [0.05, 0.1) is 0 Å². The first kappa shape index (κ1) is 7.65. The number of carbonyl (C=O) groups excluding carboxylic acids is 1. The van der Waals surface area contributed by atoms with Crippen LogP contribution in [0.4, 0.5) is 0 Å². The molecule has 0 unspecified atom stereocenters. The van der Waals surface area contributed by atoms with E-state index < -0.39 is 5.69 Å². The van der Waals surface area contributed by atoms with Crippen molar-refractivity contribution in [1.29, 1.82) is 0 Å². The fraction of sp³-hybridized carbons (Fsp3) is 0.286. The highest BCUT2D eigenvalue weighted by atomic mass is 16.1. The summed E-state index contributed by atoms with van der Waals surface area (Å²) in [6, 6.07) is 1.55. The number of ketones is 1. The zero-order valence-electron chi connectivity index (χ0n) is 6.34. The smallest absolute Gasteiger partial charge is 0.310 e. The standard InChI is InChI=1S/C7H8N2O2/c1-4-3-6(5(2)10)9-7(11)8-4/h3H,1-2H3,(H,8,9,11). The van der Waals surface area contributed by atoms with Crippen molar-refractivity contribution < 1.29 is 4.79 Å². The predicted octanol–water partition coefficient (Wildman–Crippen LogP) is 0.281. The van der Waals surface area contributed by atoms with Gasteiger partial charge in [0.15, 0.2) is 5.78 Å². The van der Waals surface area contributed by atoms with Crippen molar-refractivity contribution in [2.24, 2.45) is 0 Å². The zero-order chi connectivity index (χ0) is 8.43. The van der Waals surface area contributed by atoms with E-state index >= 15 is 0 Å². The molecule has 4 nitrogen and oxygen atoms in total. The summed E-state index contributed by atoms with van der Waals surface area (Å²) in [6.45, 7) is 3.08. The van der Waals surface area contributed by atoms with Gasteiger partial charge in [0, 0.05) is 12.6 Å². The maximum Gasteiger partial charge on any atom is 0.345 e. The average Bonchev–Trinajstić information content (AvgIpc) is 1.85. The van der Waals surface area contributed by atoms with Crippen molar-refractivity contribution in [1.82, 2.24) is 9.97 Å². The van der Waals surface area contributed by atoms with E-state index in [4.69, 9.17) is 0 Å². The maximum atomic E-state index is 10.7. The minimum absolute atomic E-state index is 0.195. The first-order valence-electron chi connectivity index (χ1n) is 3.18. The second-order valence-corrected chi connectivity index (χ2v) is 2.31. The fourth-order valence-electron chi connectivity index (χ4n) is 0.760. The number of hydrogen-bond donors (Lipinski definition) is 1. The molecule has 0 aliphatic heterocycles. The topological polar surface area (TPSA) is 62.8 Å². The minimum Gasteiger partial charge on any atom is -0.310 e. The Kier molecular flexibility index (Phi) is 1.85. The number of aryl methyl sites for hydroxylation is 1. The fourth-order valence-corrected chi connectivity index (χ4v) is 0.760. The summed E-state index contributed by atoms with van der Waals surface area (Å²) in [5.41, 5.74) is 0.386. The molecule has 1 N–H and O–H groups in total. The van der Waals surface area contributed by atoms with E-state index in [0.717, 1.165) is 0 Å². The largest absolute Gasteiger partial charge is 0.345 e. The van der Waals surface area contributed by atoms with E-state index in [1.807, 2.05) is 0 Å². The highest BCUT2D eigenvalue weighted by Gasteiger charge is 2.01. The van der Waals surface area contributed by atoms with Gasteiger partial charge in [-0.15, -0.1) is 0 Å². The Bertz CT molecular complexity index is 341. The Balaban J connectivity index is 3.30. The van der Waals surface area contributed by atoms with Crippen molar-refractivity contribution in [2.45, 2.75) is 13.8 Å². The second-order valence-electron chi connectivity index (χ2n) is 2.31. The molecule has 0 saturated heterocycles. The lowest BCUT2D eigenvalue weighted by Gasteiger charge is -1.94. The lowest BCUT2D eigenvalue weighted by molar-refractivity contribution is 0.101. The molecule has 11 heavy (non-hydrogen) atoms. The normalized spacial score (nSPS) is 9.64. The molecule has 0 aliphatic carbocycles. The summed E-state index contributed by atoms with van der Waals surface area (Å²) in [7, 11) is 0. The molecule has 0 bridgehead atoms. The van der Waals surface area contributed by atoms with Gasteiger partial charge in [-0.1, -0.05) is 0 Å². The van der Waals surface area contributed by atoms with Crippen molar-refractivity contribution in [2.75, 3.05) is 0 Å². The number of nitrogens with one attached hydrogen (secondary N) is 1. The molecule has 0 spiro atoms. The molecule has 1 aromatic rings. The van der Waals surface area contributed by atoms with E-state index in [0.29, 0.717) is 5.69 Å². The van der Waals surface area contributed by atoms with E-state index in [1.165, 1.54) is 6.92 Å². The Morgan fingerprint density at radius 3 is 2.73 bits per heavy atom. The summed E-state index contributed by atoms with van der Waals surface area (Å²) in [4.78, 5) is 27.4. The summed E-state index contributed by atoms with van der Waals surface area (Å²) in [5, 5.41) is 0. The van der Waals surface area contributed by atoms with Crippen LogP contribution in [0.1, 0.15) is 23.1 Å². The molecule has 58 valence electrons. The number of rotatable bonds is 1. The van der Waals surface area contributed by atoms with Crippen LogP contribution in [0.15, 0.2) is 10.9 Å². The van der Waals surface area contributed by atoms with Crippen molar-refractivity contribution in [3.8, 4) is 0 Å². The number of carbonyl (C=O) groups is 1. The molecular weight excluding hydrogens is 144 g/mol. The van der Waals surface area contributed by atoms with Gasteiger partial charge >= 0.3 is 5.69 Å². The third kappa shape index (κ3) is 1.73. The third-order valence-electron chi connectivity index (χ3n) is 1.24. The van der Waals surface area contributed by atoms with E-state index in [1.54, 1.807) is 13.0 Å². The third-order valence-corrected chi connectivity index (χ3v) is 1.24. The van der Waals surface area contributed by atoms with Gasteiger partial charge in [0.25, 0.3) is 0 Å². The van der Waals surface area contributed by atoms with Gasteiger partial charge < -0.3 is 4.98 Å². The Hall–Kier alpha value is -1.45. The molecule has 0 aliphatic rings. The number of nitrogens with zero attached hydrogens (tertiary/aromatic N) is 1. The molecule has 0 aromatic carbocycles. The van der Waals surface area contributed by atoms with Crippen LogP contribution in [0.5, 0.6) is 0 Å². The summed E-state index contributed by atoms with van der Waals surface area (Å²) < 4.78 is 0. The molecule has 1 rings (SSSR count). The highest BCUT2D eigenvalue weighted by molar-refractivity contribution is 5.91. The molecule has 1 heterocycles. The Morgan fingerprint density at radius 1 is 1.64 bits per heavy atom. The zero-order valence-corrected chi connectivity index (χ0v) is 6.34. The van der Waals surface area contributed by atoms with Gasteiger partial charge in [0.2, 0.25) is 0 Å². The Morgan fingerprint density at radius 2 is 2.27 bits per heavy atom. The number of aromatic nitrogens is 2. The molecule has 0 radical (unpaired) electrons. The van der Waals surface area contributed by atoms with Gasteiger partial charge in [-0.3, -0.25) is 4.79 Å². The summed E-state index contributed by atoms with van der Waals surface area (Å²) in [5.74, 6) is -0.195. The van der Waals surface area contributed by atoms with Gasteiger partial charge in [-0.05, 0) is 13.0 Å². The molecular formula is C7H8N2O2. The number of Topliss-reactive ketones (excluding diaryl/α,β-unsaturated/α-hetero) is 1. The van der Waals surface area contributed by atoms with Crippen LogP contribution in [0.3, 0.4) is 0 Å². The number of aromatic amines is 1. The predicted molar refractivity (Wildman–Crippen MR) is 39.6 cm³/mol. The van der Waals surface area contributed by atoms with Crippen LogP contribution in [-0.2, 0) is 0 Å². The van der Waals surface area contributed by atoms with Crippen molar-refractivity contribution in [3.05, 3.63) is 27.9 Å². The van der Waals surface area contributed by atoms with Gasteiger partial charge in [-0.2, -0.15) is 4.98 Å². The minimum atomic E-state index is -0.477. The molecule has 4 heteroatoms. The maximum absolute atomic E-state index is 10.7. The Labute approximate surface area is 63.3 Å². The summed E-state index contributed by atoms with van der Waals surface area (Å²) >= 11 is 0. The second kappa shape index (κ2) is 2.65. The van der Waals surface area contributed by atoms with Crippen molar-refractivity contribution >= 4 is 5.78 Å². The first-order valence-corrected chi connectivity index (χ1v) is 3.18. The SMILES string of the molecule is CC(=O)c1cc(C)[nH]c(=O)n1. The quantitative estimate of drug-likeness (QED) is 0.588. The van der Waals surface area contributed by atoms with Gasteiger partial charge in [-0.25, -0.2) is 4.79 Å². The van der Waals surface area contributed by atoms with Crippen LogP contribution < -0.4 is 5.69 Å². The first-order chi connectivity index (χ1) is 5.09. The highest BCUT2D eigenvalue weighted by Crippen LogP contribution is 1.93. The van der Waals surface area contributed by atoms with E-state index in [9.17, 15) is 9.59 Å². The van der Waals surface area contributed by atoms with Crippen LogP contribution in [0.25, 0.3) is 0 Å². The van der Waals surface area contributed by atoms with Gasteiger partial charge in [0.1, 0.15) is 5.69 Å². The van der Waals surface area contributed by atoms with Crippen LogP contribution >= 0.6 is 0 Å². The molecule has 0 amide bonds. The van der Waals surface area contributed by atoms with Crippen LogP contribution in [0, 0.1) is 6.92 Å². The van der Waals surface area contributed by atoms with Crippen molar-refractivity contribution in [3.63, 3.8) is 0 Å². The lowest BCUT2D eigenvalue weighted by Crippen LogP contribution is -2.15. The average molecular weight is 152 g/mol. The van der Waals surface area contributed by atoms with E-state index in [2.05, 4.69) is 9.97 Å². The molecule has 0 saturated carbocycles. The number of H-pyrrole nitrogens is 1. The molecule has 0 fully saturated rings. The van der Waals surface area contributed by atoms with Crippen LogP contribution in [-0.4, -0.2) is 15.8 Å². The molecule has 0 atom stereocenters.